The van der Waals surface area contributed by atoms with Crippen molar-refractivity contribution in [3.05, 3.63) is 114 Å². The van der Waals surface area contributed by atoms with Crippen LogP contribution in [0.15, 0.2) is 85.2 Å². The number of amides is 4. The Morgan fingerprint density at radius 2 is 1.08 bits per heavy atom. The van der Waals surface area contributed by atoms with E-state index in [2.05, 4.69) is 119 Å². The summed E-state index contributed by atoms with van der Waals surface area (Å²) in [4.78, 5) is 73.9. The zero-order valence-corrected chi connectivity index (χ0v) is 43.1. The van der Waals surface area contributed by atoms with E-state index in [-0.39, 0.29) is 65.4 Å². The molecule has 0 bridgehead atoms. The second-order valence-electron chi connectivity index (χ2n) is 21.0. The molecule has 0 saturated carbocycles. The Balaban J connectivity index is 1.07. The number of aromatic amines is 2. The number of rotatable bonds is 15. The number of benzene rings is 3. The van der Waals surface area contributed by atoms with Gasteiger partial charge in [0.1, 0.15) is 35.9 Å². The molecule has 384 valence electrons. The molecule has 8 atom stereocenters. The van der Waals surface area contributed by atoms with Crippen LogP contribution in [0.2, 0.25) is 0 Å². The van der Waals surface area contributed by atoms with E-state index in [0.717, 1.165) is 65.0 Å². The van der Waals surface area contributed by atoms with Crippen molar-refractivity contribution in [2.24, 2.45) is 11.8 Å². The molecule has 8 rings (SSSR count). The number of imidazole rings is 2. The van der Waals surface area contributed by atoms with Crippen LogP contribution < -0.4 is 15.5 Å². The van der Waals surface area contributed by atoms with E-state index in [1.54, 1.807) is 19.1 Å². The maximum Gasteiger partial charge on any atom is 0.407 e. The van der Waals surface area contributed by atoms with Crippen LogP contribution in [0.25, 0.3) is 22.5 Å². The van der Waals surface area contributed by atoms with E-state index in [1.165, 1.54) is 12.7 Å². The molecule has 4 amide bonds. The average Bonchev–Trinajstić information content (AvgIpc) is 4.23. The predicted octanol–water partition coefficient (Wildman–Crippen LogP) is 9.10. The lowest BCUT2D eigenvalue weighted by atomic mass is 9.87. The molecule has 72 heavy (non-hydrogen) atoms. The largest absolute Gasteiger partial charge is 0.465 e. The summed E-state index contributed by atoms with van der Waals surface area (Å²) in [6.45, 7) is 15.2. The van der Waals surface area contributed by atoms with Crippen molar-refractivity contribution in [1.82, 2.24) is 40.4 Å². The molecule has 5 N–H and O–H groups in total. The minimum absolute atomic E-state index is 0.0418. The Kier molecular flexibility index (Phi) is 15.5. The van der Waals surface area contributed by atoms with Gasteiger partial charge in [-0.25, -0.2) is 19.6 Å². The van der Waals surface area contributed by atoms with E-state index in [4.69, 9.17) is 24.2 Å². The third-order valence-electron chi connectivity index (χ3n) is 14.7. The molecule has 3 aromatic carbocycles. The van der Waals surface area contributed by atoms with Gasteiger partial charge >= 0.3 is 12.2 Å². The first-order valence-electron chi connectivity index (χ1n) is 25.1. The lowest BCUT2D eigenvalue weighted by Gasteiger charge is -2.34. The van der Waals surface area contributed by atoms with E-state index < -0.39 is 24.3 Å². The van der Waals surface area contributed by atoms with E-state index in [9.17, 15) is 24.3 Å². The highest BCUT2D eigenvalue weighted by Gasteiger charge is 2.51. The normalized spacial score (nSPS) is 22.1. The molecule has 5 heterocycles. The van der Waals surface area contributed by atoms with Crippen LogP contribution in [0.3, 0.4) is 0 Å². The Labute approximate surface area is 422 Å². The van der Waals surface area contributed by atoms with E-state index >= 15 is 0 Å². The summed E-state index contributed by atoms with van der Waals surface area (Å²) in [5.74, 6) is 0.614. The third kappa shape index (κ3) is 10.4. The fourth-order valence-corrected chi connectivity index (χ4v) is 10.9. The second kappa shape index (κ2) is 21.6. The van der Waals surface area contributed by atoms with Crippen molar-refractivity contribution in [3.8, 4) is 22.5 Å². The van der Waals surface area contributed by atoms with Gasteiger partial charge in [-0.3, -0.25) is 9.59 Å². The number of carboxylic acid groups (broad SMARTS) is 1. The highest BCUT2D eigenvalue weighted by atomic mass is 16.5. The van der Waals surface area contributed by atoms with Gasteiger partial charge in [0.15, 0.2) is 0 Å². The number of likely N-dealkylation sites (tertiary alicyclic amines) is 2. The molecule has 0 spiro atoms. The number of alkyl carbamates (subject to hydrolysis) is 1. The van der Waals surface area contributed by atoms with Crippen LogP contribution >= 0.6 is 0 Å². The summed E-state index contributed by atoms with van der Waals surface area (Å²) in [5, 5.41) is 14.6. The van der Waals surface area contributed by atoms with Gasteiger partial charge in [0.2, 0.25) is 11.8 Å². The Bertz CT molecular complexity index is 2680. The molecule has 3 saturated heterocycles. The van der Waals surface area contributed by atoms with Crippen molar-refractivity contribution < 1.29 is 38.5 Å². The first-order chi connectivity index (χ1) is 34.4. The molecule has 0 aliphatic carbocycles. The summed E-state index contributed by atoms with van der Waals surface area (Å²) in [7, 11) is 4.77. The number of H-pyrrole nitrogens is 2. The van der Waals surface area contributed by atoms with Crippen LogP contribution in [0.1, 0.15) is 127 Å². The second-order valence-corrected chi connectivity index (χ2v) is 21.0. The fraction of sp³-hybridized carbons (Fsp3) is 0.491. The number of anilines is 1. The number of aromatic nitrogens is 4. The standard InChI is InChI=1S/C55H71N9O8/c1-31(2)43(60-53(67)68)51(65)62-27-11-13-41(62)49-56-29-39(58-49)33-15-19-35(20-16-33)45-47(70-8)48(71-9)46(64(45)38-25-23-37(24-26-38)55(5,6)7)36-21-17-34(18-22-36)40-30-57-50(59-40)42-14-12-28-63(42)52(66)44(32(3)4)61-54(69)72-10/h15-26,29-32,41-48,60H,11-14,27-28H2,1-10H3,(H,56,58)(H,57,59)(H,61,69)(H,67,68)/t41-,42-,43-,44-,45+,46?,47-,48-/m0/s1. The minimum Gasteiger partial charge on any atom is -0.465 e. The topological polar surface area (TPSA) is 207 Å². The molecule has 2 aromatic heterocycles. The van der Waals surface area contributed by atoms with Crippen molar-refractivity contribution in [2.75, 3.05) is 39.3 Å². The monoisotopic (exact) mass is 986 g/mol. The number of hydrogen-bond donors (Lipinski definition) is 5. The van der Waals surface area contributed by atoms with Gasteiger partial charge in [0, 0.05) is 56.5 Å². The predicted molar refractivity (Wildman–Crippen MR) is 274 cm³/mol. The summed E-state index contributed by atoms with van der Waals surface area (Å²) in [6, 6.07) is 22.9. The zero-order valence-electron chi connectivity index (χ0n) is 43.1. The molecular weight excluding hydrogens is 915 g/mol. The van der Waals surface area contributed by atoms with Gasteiger partial charge in [0.05, 0.1) is 42.7 Å². The fourth-order valence-electron chi connectivity index (χ4n) is 10.9. The quantitative estimate of drug-likeness (QED) is 0.0669. The van der Waals surface area contributed by atoms with Crippen LogP contribution in [0.4, 0.5) is 15.3 Å². The van der Waals surface area contributed by atoms with Crippen molar-refractivity contribution in [2.45, 2.75) is 128 Å². The number of hydrogen-bond acceptors (Lipinski definition) is 10. The van der Waals surface area contributed by atoms with Gasteiger partial charge in [-0.1, -0.05) is 109 Å². The van der Waals surface area contributed by atoms with Gasteiger partial charge in [-0.15, -0.1) is 0 Å². The van der Waals surface area contributed by atoms with Gasteiger partial charge in [-0.2, -0.15) is 0 Å². The summed E-state index contributed by atoms with van der Waals surface area (Å²) in [6.07, 6.45) is 4.23. The number of methoxy groups -OCH3 is 3. The van der Waals surface area contributed by atoms with E-state index in [0.29, 0.717) is 24.7 Å². The highest BCUT2D eigenvalue weighted by molar-refractivity contribution is 5.87. The Hall–Kier alpha value is -6.72. The van der Waals surface area contributed by atoms with Crippen LogP contribution in [-0.4, -0.2) is 118 Å². The smallest absolute Gasteiger partial charge is 0.407 e. The molecule has 17 nitrogen and oxygen atoms in total. The number of nitrogens with one attached hydrogen (secondary N) is 4. The molecule has 0 radical (unpaired) electrons. The zero-order chi connectivity index (χ0) is 51.6. The maximum absolute atomic E-state index is 13.8. The Morgan fingerprint density at radius 1 is 0.653 bits per heavy atom. The average molecular weight is 986 g/mol. The lowest BCUT2D eigenvalue weighted by Crippen LogP contribution is -2.51. The number of carbonyl (C=O) groups excluding carboxylic acids is 3. The summed E-state index contributed by atoms with van der Waals surface area (Å²) < 4.78 is 17.7. The third-order valence-corrected chi connectivity index (χ3v) is 14.7. The maximum atomic E-state index is 13.8. The first-order valence-corrected chi connectivity index (χ1v) is 25.1. The van der Waals surface area contributed by atoms with Gasteiger partial charge in [-0.05, 0) is 71.8 Å². The summed E-state index contributed by atoms with van der Waals surface area (Å²) in [5.41, 5.74) is 7.58. The van der Waals surface area contributed by atoms with Crippen molar-refractivity contribution in [3.63, 3.8) is 0 Å². The van der Waals surface area contributed by atoms with Gasteiger partial charge < -0.3 is 54.6 Å². The molecule has 17 heteroatoms. The number of nitrogens with zero attached hydrogens (tertiary/aromatic N) is 5. The lowest BCUT2D eigenvalue weighted by molar-refractivity contribution is -0.136. The Morgan fingerprint density at radius 3 is 1.46 bits per heavy atom. The van der Waals surface area contributed by atoms with Crippen LogP contribution in [-0.2, 0) is 29.2 Å². The van der Waals surface area contributed by atoms with Gasteiger partial charge in [0.25, 0.3) is 0 Å². The molecule has 5 aromatic rings. The summed E-state index contributed by atoms with van der Waals surface area (Å²) >= 11 is 0. The van der Waals surface area contributed by atoms with Crippen molar-refractivity contribution in [1.29, 1.82) is 0 Å². The highest BCUT2D eigenvalue weighted by Crippen LogP contribution is 2.50. The molecule has 3 aliphatic heterocycles. The SMILES string of the molecule is COC(=O)N[C@H](C(=O)N1CCC[C@H]1c1nc(-c2ccc(C3[C@H](OC)[C@@H](OC)[C@@H](c4ccc(-c5c[nH]c([C@@H]6CCCN6C(=O)[C@@H](NC(=O)O)C(C)C)n5)cc4)N3c3ccc(C(C)(C)C)cc3)cc2)c[nH]1)C(C)C. The van der Waals surface area contributed by atoms with Crippen molar-refractivity contribution >= 4 is 29.7 Å². The van der Waals surface area contributed by atoms with E-state index in [1.807, 2.05) is 45.0 Å². The first kappa shape index (κ1) is 51.6. The van der Waals surface area contributed by atoms with Crippen LogP contribution in [0.5, 0.6) is 0 Å². The number of ether oxygens (including phenoxy) is 3. The molecular formula is C55H71N9O8. The van der Waals surface area contributed by atoms with Crippen LogP contribution in [0, 0.1) is 11.8 Å². The molecule has 3 fully saturated rings. The number of carbonyl (C=O) groups is 4. The minimum atomic E-state index is -1.22. The molecule has 3 aliphatic rings. The molecule has 1 unspecified atom stereocenters.